The molecular formula is C16H24N2O2. The second kappa shape index (κ2) is 7.17. The number of hydrogen-bond acceptors (Lipinski definition) is 3. The fraction of sp³-hybridized carbons (Fsp3) is 0.562. The van der Waals surface area contributed by atoms with Crippen molar-refractivity contribution in [2.24, 2.45) is 0 Å². The molecule has 0 unspecified atom stereocenters. The number of rotatable bonds is 6. The zero-order valence-electron chi connectivity index (χ0n) is 12.5. The zero-order chi connectivity index (χ0) is 14.4. The van der Waals surface area contributed by atoms with Crippen LogP contribution < -0.4 is 9.64 Å². The zero-order valence-corrected chi connectivity index (χ0v) is 12.5. The van der Waals surface area contributed by atoms with Gasteiger partial charge in [-0.15, -0.1) is 0 Å². The molecular weight excluding hydrogens is 252 g/mol. The summed E-state index contributed by atoms with van der Waals surface area (Å²) in [6, 6.07) is 7.96. The fourth-order valence-corrected chi connectivity index (χ4v) is 2.56. The van der Waals surface area contributed by atoms with E-state index in [1.54, 1.807) is 0 Å². The molecule has 4 heteroatoms. The average molecular weight is 276 g/mol. The van der Waals surface area contributed by atoms with Crippen molar-refractivity contribution in [2.75, 3.05) is 37.7 Å². The molecule has 0 saturated carbocycles. The number of carbonyl (C=O) groups excluding carboxylic acids is 1. The Bertz CT molecular complexity index is 438. The molecule has 1 aliphatic heterocycles. The maximum absolute atomic E-state index is 11.9. The highest BCUT2D eigenvalue weighted by molar-refractivity contribution is 5.78. The highest BCUT2D eigenvalue weighted by Gasteiger charge is 2.18. The molecule has 110 valence electrons. The van der Waals surface area contributed by atoms with Gasteiger partial charge in [0.15, 0.2) is 6.61 Å². The first-order chi connectivity index (χ1) is 9.74. The molecule has 1 aromatic rings. The van der Waals surface area contributed by atoms with Gasteiger partial charge >= 0.3 is 0 Å². The summed E-state index contributed by atoms with van der Waals surface area (Å²) in [6.45, 7) is 8.09. The maximum Gasteiger partial charge on any atom is 0.260 e. The van der Waals surface area contributed by atoms with Crippen LogP contribution >= 0.6 is 0 Å². The Morgan fingerprint density at radius 3 is 2.60 bits per heavy atom. The van der Waals surface area contributed by atoms with E-state index in [2.05, 4.69) is 24.8 Å². The number of amides is 1. The largest absolute Gasteiger partial charge is 0.484 e. The van der Waals surface area contributed by atoms with Crippen molar-refractivity contribution in [1.82, 2.24) is 4.90 Å². The molecule has 1 amide bonds. The molecule has 1 saturated heterocycles. The van der Waals surface area contributed by atoms with E-state index in [1.165, 1.54) is 0 Å². The minimum Gasteiger partial charge on any atom is -0.484 e. The quantitative estimate of drug-likeness (QED) is 0.800. The first-order valence-corrected chi connectivity index (χ1v) is 7.50. The molecule has 1 aliphatic rings. The summed E-state index contributed by atoms with van der Waals surface area (Å²) >= 11 is 0. The van der Waals surface area contributed by atoms with Crippen molar-refractivity contribution in [3.63, 3.8) is 0 Å². The van der Waals surface area contributed by atoms with Gasteiger partial charge in [-0.2, -0.15) is 0 Å². The Kier molecular flexibility index (Phi) is 5.27. The van der Waals surface area contributed by atoms with Crippen molar-refractivity contribution in [1.29, 1.82) is 0 Å². The Balaban J connectivity index is 1.92. The Labute approximate surface area is 121 Å². The van der Waals surface area contributed by atoms with Crippen molar-refractivity contribution >= 4 is 11.6 Å². The lowest BCUT2D eigenvalue weighted by Crippen LogP contribution is -2.32. The third-order valence-electron chi connectivity index (χ3n) is 3.77. The topological polar surface area (TPSA) is 32.8 Å². The van der Waals surface area contributed by atoms with Crippen LogP contribution in [0, 0.1) is 0 Å². The fourth-order valence-electron chi connectivity index (χ4n) is 2.56. The summed E-state index contributed by atoms with van der Waals surface area (Å²) in [5, 5.41) is 0. The van der Waals surface area contributed by atoms with Crippen LogP contribution in [0.3, 0.4) is 0 Å². The van der Waals surface area contributed by atoms with Crippen LogP contribution in [-0.2, 0) is 4.79 Å². The Morgan fingerprint density at radius 1 is 1.25 bits per heavy atom. The number of hydrogen-bond donors (Lipinski definition) is 0. The molecule has 0 N–H and O–H groups in total. The van der Waals surface area contributed by atoms with E-state index in [9.17, 15) is 4.79 Å². The highest BCUT2D eigenvalue weighted by atomic mass is 16.5. The van der Waals surface area contributed by atoms with E-state index >= 15 is 0 Å². The third kappa shape index (κ3) is 3.65. The highest BCUT2D eigenvalue weighted by Crippen LogP contribution is 2.21. The molecule has 4 nitrogen and oxygen atoms in total. The van der Waals surface area contributed by atoms with Gasteiger partial charge in [-0.1, -0.05) is 6.07 Å². The van der Waals surface area contributed by atoms with E-state index in [1.807, 2.05) is 23.1 Å². The first kappa shape index (κ1) is 14.7. The van der Waals surface area contributed by atoms with E-state index < -0.39 is 0 Å². The van der Waals surface area contributed by atoms with Crippen LogP contribution in [0.4, 0.5) is 5.69 Å². The summed E-state index contributed by atoms with van der Waals surface area (Å²) < 4.78 is 5.64. The standard InChI is InChI=1S/C16H24N2O2/c1-3-17(4-2)14-8-7-9-15(12-14)20-13-16(19)18-10-5-6-11-18/h7-9,12H,3-6,10-11,13H2,1-2H3. The van der Waals surface area contributed by atoms with Gasteiger partial charge in [-0.25, -0.2) is 0 Å². The lowest BCUT2D eigenvalue weighted by Gasteiger charge is -2.21. The number of benzene rings is 1. The number of anilines is 1. The van der Waals surface area contributed by atoms with E-state index in [-0.39, 0.29) is 12.5 Å². The van der Waals surface area contributed by atoms with E-state index in [0.717, 1.165) is 50.5 Å². The van der Waals surface area contributed by atoms with Gasteiger partial charge in [0.25, 0.3) is 5.91 Å². The number of nitrogens with zero attached hydrogens (tertiary/aromatic N) is 2. The van der Waals surface area contributed by atoms with Gasteiger partial charge in [0.05, 0.1) is 0 Å². The minimum atomic E-state index is 0.0933. The van der Waals surface area contributed by atoms with E-state index in [0.29, 0.717) is 0 Å². The van der Waals surface area contributed by atoms with Gasteiger partial charge in [0, 0.05) is 37.9 Å². The summed E-state index contributed by atoms with van der Waals surface area (Å²) in [5.74, 6) is 0.859. The van der Waals surface area contributed by atoms with Crippen LogP contribution in [0.2, 0.25) is 0 Å². The predicted octanol–water partition coefficient (Wildman–Crippen LogP) is 2.53. The molecule has 0 aliphatic carbocycles. The van der Waals surface area contributed by atoms with Crippen molar-refractivity contribution in [3.8, 4) is 5.75 Å². The normalized spacial score (nSPS) is 14.4. The van der Waals surface area contributed by atoms with Crippen molar-refractivity contribution in [3.05, 3.63) is 24.3 Å². The van der Waals surface area contributed by atoms with Crippen LogP contribution in [0.25, 0.3) is 0 Å². The molecule has 1 fully saturated rings. The molecule has 0 aromatic heterocycles. The summed E-state index contributed by atoms with van der Waals surface area (Å²) in [6.07, 6.45) is 2.23. The van der Waals surface area contributed by atoms with Crippen LogP contribution in [0.15, 0.2) is 24.3 Å². The SMILES string of the molecule is CCN(CC)c1cccc(OCC(=O)N2CCCC2)c1. The second-order valence-corrected chi connectivity index (χ2v) is 5.05. The molecule has 0 bridgehead atoms. The summed E-state index contributed by atoms with van der Waals surface area (Å²) in [4.78, 5) is 16.1. The second-order valence-electron chi connectivity index (χ2n) is 5.05. The summed E-state index contributed by atoms with van der Waals surface area (Å²) in [7, 11) is 0. The molecule has 2 rings (SSSR count). The minimum absolute atomic E-state index is 0.0933. The molecule has 20 heavy (non-hydrogen) atoms. The average Bonchev–Trinajstić information content (AvgIpc) is 3.01. The number of ether oxygens (including phenoxy) is 1. The van der Waals surface area contributed by atoms with Gasteiger partial charge in [0.2, 0.25) is 0 Å². The Hall–Kier alpha value is -1.71. The molecule has 0 atom stereocenters. The van der Waals surface area contributed by atoms with Crippen molar-refractivity contribution < 1.29 is 9.53 Å². The first-order valence-electron chi connectivity index (χ1n) is 7.50. The van der Waals surface area contributed by atoms with Crippen molar-refractivity contribution in [2.45, 2.75) is 26.7 Å². The summed E-state index contributed by atoms with van der Waals surface area (Å²) in [5.41, 5.74) is 1.14. The molecule has 1 aromatic carbocycles. The third-order valence-corrected chi connectivity index (χ3v) is 3.77. The molecule has 0 spiro atoms. The van der Waals surface area contributed by atoms with Gasteiger partial charge in [-0.05, 0) is 38.8 Å². The van der Waals surface area contributed by atoms with Gasteiger partial charge < -0.3 is 14.5 Å². The smallest absolute Gasteiger partial charge is 0.260 e. The number of likely N-dealkylation sites (tertiary alicyclic amines) is 1. The predicted molar refractivity (Wildman–Crippen MR) is 81.3 cm³/mol. The van der Waals surface area contributed by atoms with Crippen LogP contribution in [-0.4, -0.2) is 43.6 Å². The monoisotopic (exact) mass is 276 g/mol. The lowest BCUT2D eigenvalue weighted by atomic mass is 10.2. The lowest BCUT2D eigenvalue weighted by molar-refractivity contribution is -0.132. The van der Waals surface area contributed by atoms with E-state index in [4.69, 9.17) is 4.74 Å². The van der Waals surface area contributed by atoms with Gasteiger partial charge in [-0.3, -0.25) is 4.79 Å². The Morgan fingerprint density at radius 2 is 1.95 bits per heavy atom. The van der Waals surface area contributed by atoms with Crippen LogP contribution in [0.1, 0.15) is 26.7 Å². The molecule has 0 radical (unpaired) electrons. The van der Waals surface area contributed by atoms with Crippen LogP contribution in [0.5, 0.6) is 5.75 Å². The van der Waals surface area contributed by atoms with Gasteiger partial charge in [0.1, 0.15) is 5.75 Å². The molecule has 1 heterocycles. The number of carbonyl (C=O) groups is 1. The maximum atomic E-state index is 11.9.